The molecule has 0 aliphatic rings. The topological polar surface area (TPSA) is 35.5 Å². The van der Waals surface area contributed by atoms with E-state index in [0.717, 1.165) is 16.3 Å². The zero-order valence-corrected chi connectivity index (χ0v) is 12.0. The highest BCUT2D eigenvalue weighted by atomic mass is 79.9. The van der Waals surface area contributed by atoms with E-state index in [1.807, 2.05) is 24.3 Å². The van der Waals surface area contributed by atoms with Crippen LogP contribution in [0, 0.1) is 0 Å². The SMILES string of the molecule is COc1ccc(OCc2ccccc2Br)c(C=O)c1. The molecule has 0 saturated carbocycles. The van der Waals surface area contributed by atoms with Crippen molar-refractivity contribution in [3.8, 4) is 11.5 Å². The summed E-state index contributed by atoms with van der Waals surface area (Å²) in [6.07, 6.45) is 0.762. The summed E-state index contributed by atoms with van der Waals surface area (Å²) in [6, 6.07) is 13.0. The van der Waals surface area contributed by atoms with E-state index in [1.54, 1.807) is 25.3 Å². The molecule has 3 nitrogen and oxygen atoms in total. The number of carbonyl (C=O) groups is 1. The number of methoxy groups -OCH3 is 1. The van der Waals surface area contributed by atoms with Gasteiger partial charge in [0.25, 0.3) is 0 Å². The Hall–Kier alpha value is -1.81. The summed E-state index contributed by atoms with van der Waals surface area (Å²) in [5, 5.41) is 0. The highest BCUT2D eigenvalue weighted by Crippen LogP contribution is 2.24. The second kappa shape index (κ2) is 6.38. The molecule has 2 aromatic carbocycles. The first-order chi connectivity index (χ1) is 9.24. The van der Waals surface area contributed by atoms with Crippen LogP contribution in [0.2, 0.25) is 0 Å². The molecule has 98 valence electrons. The van der Waals surface area contributed by atoms with E-state index in [-0.39, 0.29) is 0 Å². The van der Waals surface area contributed by atoms with Gasteiger partial charge in [-0.3, -0.25) is 4.79 Å². The van der Waals surface area contributed by atoms with Crippen molar-refractivity contribution in [1.82, 2.24) is 0 Å². The van der Waals surface area contributed by atoms with Gasteiger partial charge >= 0.3 is 0 Å². The molecule has 0 N–H and O–H groups in total. The number of halogens is 1. The average molecular weight is 321 g/mol. The molecule has 0 atom stereocenters. The van der Waals surface area contributed by atoms with Crippen LogP contribution < -0.4 is 9.47 Å². The molecule has 0 fully saturated rings. The standard InChI is InChI=1S/C15H13BrO3/c1-18-13-6-7-15(12(8-13)9-17)19-10-11-4-2-3-5-14(11)16/h2-9H,10H2,1H3. The maximum Gasteiger partial charge on any atom is 0.153 e. The molecule has 0 bridgehead atoms. The largest absolute Gasteiger partial charge is 0.497 e. The molecule has 2 aromatic rings. The van der Waals surface area contributed by atoms with Crippen LogP contribution in [0.4, 0.5) is 0 Å². The van der Waals surface area contributed by atoms with Crippen LogP contribution in [-0.4, -0.2) is 13.4 Å². The van der Waals surface area contributed by atoms with E-state index < -0.39 is 0 Å². The van der Waals surface area contributed by atoms with E-state index in [9.17, 15) is 4.79 Å². The second-order valence-corrected chi connectivity index (χ2v) is 4.76. The number of hydrogen-bond donors (Lipinski definition) is 0. The number of ether oxygens (including phenoxy) is 2. The fourth-order valence-electron chi connectivity index (χ4n) is 1.65. The number of benzene rings is 2. The Labute approximate surface area is 120 Å². The van der Waals surface area contributed by atoms with E-state index in [2.05, 4.69) is 15.9 Å². The van der Waals surface area contributed by atoms with E-state index in [4.69, 9.17) is 9.47 Å². The third kappa shape index (κ3) is 3.35. The highest BCUT2D eigenvalue weighted by molar-refractivity contribution is 9.10. The quantitative estimate of drug-likeness (QED) is 0.785. The van der Waals surface area contributed by atoms with Gasteiger partial charge in [0, 0.05) is 10.0 Å². The maximum absolute atomic E-state index is 11.0. The molecule has 0 spiro atoms. The van der Waals surface area contributed by atoms with E-state index >= 15 is 0 Å². The van der Waals surface area contributed by atoms with Crippen molar-refractivity contribution in [2.75, 3.05) is 7.11 Å². The summed E-state index contributed by atoms with van der Waals surface area (Å²) in [6.45, 7) is 0.397. The maximum atomic E-state index is 11.0. The Balaban J connectivity index is 2.15. The van der Waals surface area contributed by atoms with Crippen LogP contribution in [0.5, 0.6) is 11.5 Å². The Bertz CT molecular complexity index is 581. The van der Waals surface area contributed by atoms with Gasteiger partial charge in [-0.15, -0.1) is 0 Å². The minimum atomic E-state index is 0.397. The molecular weight excluding hydrogens is 308 g/mol. The van der Waals surface area contributed by atoms with E-state index in [1.165, 1.54) is 0 Å². The predicted molar refractivity (Wildman–Crippen MR) is 76.9 cm³/mol. The molecule has 0 aliphatic carbocycles. The summed E-state index contributed by atoms with van der Waals surface area (Å²) in [7, 11) is 1.56. The third-order valence-electron chi connectivity index (χ3n) is 2.68. The van der Waals surface area contributed by atoms with Crippen LogP contribution in [0.15, 0.2) is 46.9 Å². The monoisotopic (exact) mass is 320 g/mol. The van der Waals surface area contributed by atoms with Gasteiger partial charge in [-0.05, 0) is 24.3 Å². The molecule has 0 radical (unpaired) electrons. The lowest BCUT2D eigenvalue weighted by Crippen LogP contribution is -1.99. The first kappa shape index (κ1) is 13.6. The lowest BCUT2D eigenvalue weighted by Gasteiger charge is -2.10. The van der Waals surface area contributed by atoms with Crippen molar-refractivity contribution in [1.29, 1.82) is 0 Å². The van der Waals surface area contributed by atoms with Crippen LogP contribution in [0.1, 0.15) is 15.9 Å². The lowest BCUT2D eigenvalue weighted by atomic mass is 10.2. The summed E-state index contributed by atoms with van der Waals surface area (Å²) in [4.78, 5) is 11.0. The van der Waals surface area contributed by atoms with Gasteiger partial charge < -0.3 is 9.47 Å². The molecule has 0 aliphatic heterocycles. The van der Waals surface area contributed by atoms with Crippen molar-refractivity contribution in [3.63, 3.8) is 0 Å². The van der Waals surface area contributed by atoms with Crippen molar-refractivity contribution in [3.05, 3.63) is 58.1 Å². The number of rotatable bonds is 5. The van der Waals surface area contributed by atoms with Crippen LogP contribution in [-0.2, 0) is 6.61 Å². The van der Waals surface area contributed by atoms with E-state index in [0.29, 0.717) is 23.7 Å². The van der Waals surface area contributed by atoms with Crippen molar-refractivity contribution in [2.24, 2.45) is 0 Å². The molecule has 0 heterocycles. The molecule has 0 saturated heterocycles. The van der Waals surface area contributed by atoms with Gasteiger partial charge in [-0.1, -0.05) is 34.1 Å². The van der Waals surface area contributed by atoms with Crippen LogP contribution in [0.25, 0.3) is 0 Å². The first-order valence-corrected chi connectivity index (χ1v) is 6.53. The summed E-state index contributed by atoms with van der Waals surface area (Å²) in [5.74, 6) is 1.18. The van der Waals surface area contributed by atoms with Gasteiger partial charge in [0.1, 0.15) is 18.1 Å². The van der Waals surface area contributed by atoms with Gasteiger partial charge in [0.15, 0.2) is 6.29 Å². The Morgan fingerprint density at radius 2 is 2.00 bits per heavy atom. The molecule has 0 amide bonds. The van der Waals surface area contributed by atoms with Crippen LogP contribution >= 0.6 is 15.9 Å². The number of aldehydes is 1. The Morgan fingerprint density at radius 1 is 1.21 bits per heavy atom. The van der Waals surface area contributed by atoms with Crippen LogP contribution in [0.3, 0.4) is 0 Å². The molecule has 0 aromatic heterocycles. The van der Waals surface area contributed by atoms with Crippen molar-refractivity contribution >= 4 is 22.2 Å². The smallest absolute Gasteiger partial charge is 0.153 e. The molecule has 0 unspecified atom stereocenters. The van der Waals surface area contributed by atoms with Crippen molar-refractivity contribution < 1.29 is 14.3 Å². The first-order valence-electron chi connectivity index (χ1n) is 5.74. The summed E-state index contributed by atoms with van der Waals surface area (Å²) in [5.41, 5.74) is 1.50. The minimum absolute atomic E-state index is 0.397. The van der Waals surface area contributed by atoms with Gasteiger partial charge in [0.05, 0.1) is 12.7 Å². The highest BCUT2D eigenvalue weighted by Gasteiger charge is 2.06. The summed E-state index contributed by atoms with van der Waals surface area (Å²) >= 11 is 3.46. The van der Waals surface area contributed by atoms with Gasteiger partial charge in [-0.2, -0.15) is 0 Å². The average Bonchev–Trinajstić information content (AvgIpc) is 2.46. The fraction of sp³-hybridized carbons (Fsp3) is 0.133. The second-order valence-electron chi connectivity index (χ2n) is 3.90. The zero-order valence-electron chi connectivity index (χ0n) is 10.4. The molecular formula is C15H13BrO3. The Morgan fingerprint density at radius 3 is 2.68 bits per heavy atom. The van der Waals surface area contributed by atoms with Gasteiger partial charge in [-0.25, -0.2) is 0 Å². The number of carbonyl (C=O) groups excluding carboxylic acids is 1. The van der Waals surface area contributed by atoms with Gasteiger partial charge in [0.2, 0.25) is 0 Å². The zero-order chi connectivity index (χ0) is 13.7. The lowest BCUT2D eigenvalue weighted by molar-refractivity contribution is 0.111. The number of hydrogen-bond acceptors (Lipinski definition) is 3. The summed E-state index contributed by atoms with van der Waals surface area (Å²) < 4.78 is 11.7. The molecule has 4 heteroatoms. The Kier molecular flexibility index (Phi) is 4.58. The molecule has 19 heavy (non-hydrogen) atoms. The molecule has 2 rings (SSSR count). The third-order valence-corrected chi connectivity index (χ3v) is 3.46. The minimum Gasteiger partial charge on any atom is -0.497 e. The fourth-order valence-corrected chi connectivity index (χ4v) is 2.05. The normalized spacial score (nSPS) is 10.0. The van der Waals surface area contributed by atoms with Crippen molar-refractivity contribution in [2.45, 2.75) is 6.61 Å². The predicted octanol–water partition coefficient (Wildman–Crippen LogP) is 3.85.